The third-order valence-electron chi connectivity index (χ3n) is 4.98. The van der Waals surface area contributed by atoms with E-state index in [0.29, 0.717) is 6.42 Å². The molecule has 4 rings (SSSR count). The Morgan fingerprint density at radius 3 is 2.86 bits per heavy atom. The van der Waals surface area contributed by atoms with E-state index in [9.17, 15) is 9.59 Å². The molecule has 1 heterocycles. The fraction of sp³-hybridized carbons (Fsp3) is 0.412. The van der Waals surface area contributed by atoms with Gasteiger partial charge in [0.15, 0.2) is 0 Å². The molecule has 0 amide bonds. The summed E-state index contributed by atoms with van der Waals surface area (Å²) in [5, 5.41) is 0. The first-order valence-corrected chi connectivity index (χ1v) is 7.32. The van der Waals surface area contributed by atoms with E-state index in [4.69, 9.17) is 9.47 Å². The summed E-state index contributed by atoms with van der Waals surface area (Å²) in [4.78, 5) is 23.7. The number of esters is 2. The van der Waals surface area contributed by atoms with Crippen LogP contribution in [-0.4, -0.2) is 19.0 Å². The molecule has 1 aromatic rings. The van der Waals surface area contributed by atoms with Gasteiger partial charge in [-0.15, -0.1) is 0 Å². The first-order chi connectivity index (χ1) is 10.2. The predicted molar refractivity (Wildman–Crippen MR) is 75.5 cm³/mol. The molecule has 1 aromatic carbocycles. The third-order valence-corrected chi connectivity index (χ3v) is 4.98. The van der Waals surface area contributed by atoms with E-state index < -0.39 is 0 Å². The molecule has 0 aromatic heterocycles. The number of aryl methyl sites for hydroxylation is 1. The molecule has 4 heteroatoms. The molecule has 1 fully saturated rings. The van der Waals surface area contributed by atoms with Crippen molar-refractivity contribution in [1.82, 2.24) is 0 Å². The van der Waals surface area contributed by atoms with E-state index in [1.54, 1.807) is 7.11 Å². The van der Waals surface area contributed by atoms with E-state index in [1.165, 1.54) is 16.7 Å². The van der Waals surface area contributed by atoms with Crippen LogP contribution in [0.15, 0.2) is 24.3 Å². The van der Waals surface area contributed by atoms with Gasteiger partial charge in [-0.1, -0.05) is 12.1 Å². The highest BCUT2D eigenvalue weighted by atomic mass is 16.6. The lowest BCUT2D eigenvalue weighted by atomic mass is 9.66. The number of rotatable bonds is 1. The zero-order valence-electron chi connectivity index (χ0n) is 11.8. The lowest BCUT2D eigenvalue weighted by molar-refractivity contribution is -0.154. The number of hydrogen-bond acceptors (Lipinski definition) is 4. The summed E-state index contributed by atoms with van der Waals surface area (Å²) in [6.45, 7) is 0. The van der Waals surface area contributed by atoms with Gasteiger partial charge in [-0.3, -0.25) is 9.59 Å². The predicted octanol–water partition coefficient (Wildman–Crippen LogP) is 2.36. The number of hydrogen-bond donors (Lipinski definition) is 0. The zero-order chi connectivity index (χ0) is 14.6. The van der Waals surface area contributed by atoms with E-state index in [0.717, 1.165) is 18.6 Å². The summed E-state index contributed by atoms with van der Waals surface area (Å²) >= 11 is 0. The van der Waals surface area contributed by atoms with Crippen molar-refractivity contribution in [3.63, 3.8) is 0 Å². The van der Waals surface area contributed by atoms with Crippen LogP contribution in [0, 0.1) is 17.8 Å². The SMILES string of the molecule is COc1ccc2c(c1)CC[C@@H]1C2=CC[C@H]2C(=O)OC(=O)[C@H]12. The molecule has 0 saturated carbocycles. The van der Waals surface area contributed by atoms with Crippen molar-refractivity contribution in [2.45, 2.75) is 19.3 Å². The van der Waals surface area contributed by atoms with Crippen molar-refractivity contribution in [2.75, 3.05) is 7.11 Å². The van der Waals surface area contributed by atoms with Crippen LogP contribution in [0.2, 0.25) is 0 Å². The number of cyclic esters (lactones) is 2. The van der Waals surface area contributed by atoms with E-state index >= 15 is 0 Å². The number of carbonyl (C=O) groups is 2. The van der Waals surface area contributed by atoms with Gasteiger partial charge >= 0.3 is 11.9 Å². The maximum absolute atomic E-state index is 12.0. The number of ether oxygens (including phenoxy) is 2. The van der Waals surface area contributed by atoms with Crippen LogP contribution >= 0.6 is 0 Å². The normalized spacial score (nSPS) is 30.0. The van der Waals surface area contributed by atoms with Gasteiger partial charge < -0.3 is 9.47 Å². The molecule has 4 nitrogen and oxygen atoms in total. The van der Waals surface area contributed by atoms with Gasteiger partial charge in [0.1, 0.15) is 5.75 Å². The number of methoxy groups -OCH3 is 1. The number of fused-ring (bicyclic) bond motifs is 5. The van der Waals surface area contributed by atoms with Gasteiger partial charge in [-0.05, 0) is 54.0 Å². The molecule has 3 aliphatic rings. The Morgan fingerprint density at radius 2 is 2.05 bits per heavy atom. The first kappa shape index (κ1) is 12.6. The fourth-order valence-electron chi connectivity index (χ4n) is 3.98. The Balaban J connectivity index is 1.77. The Kier molecular flexibility index (Phi) is 2.67. The molecular weight excluding hydrogens is 268 g/mol. The second-order valence-corrected chi connectivity index (χ2v) is 5.94. The van der Waals surface area contributed by atoms with Crippen LogP contribution in [0.25, 0.3) is 5.57 Å². The second kappa shape index (κ2) is 4.45. The van der Waals surface area contributed by atoms with Crippen LogP contribution in [-0.2, 0) is 20.7 Å². The molecule has 108 valence electrons. The quantitative estimate of drug-likeness (QED) is 0.587. The number of allylic oxidation sites excluding steroid dienone is 2. The lowest BCUT2D eigenvalue weighted by Crippen LogP contribution is -2.32. The van der Waals surface area contributed by atoms with Crippen LogP contribution in [0.4, 0.5) is 0 Å². The summed E-state index contributed by atoms with van der Waals surface area (Å²) < 4.78 is 10.1. The van der Waals surface area contributed by atoms with Gasteiger partial charge in [-0.25, -0.2) is 0 Å². The van der Waals surface area contributed by atoms with Crippen molar-refractivity contribution in [3.8, 4) is 5.75 Å². The number of carbonyl (C=O) groups excluding carboxylic acids is 2. The summed E-state index contributed by atoms with van der Waals surface area (Å²) in [6.07, 6.45) is 4.51. The molecule has 0 bridgehead atoms. The van der Waals surface area contributed by atoms with Gasteiger partial charge in [-0.2, -0.15) is 0 Å². The third kappa shape index (κ3) is 1.75. The highest BCUT2D eigenvalue weighted by molar-refractivity contribution is 5.99. The van der Waals surface area contributed by atoms with E-state index in [1.807, 2.05) is 6.07 Å². The molecule has 1 saturated heterocycles. The van der Waals surface area contributed by atoms with Crippen molar-refractivity contribution < 1.29 is 19.1 Å². The van der Waals surface area contributed by atoms with Crippen molar-refractivity contribution >= 4 is 17.5 Å². The van der Waals surface area contributed by atoms with E-state index in [2.05, 4.69) is 18.2 Å². The van der Waals surface area contributed by atoms with Crippen molar-refractivity contribution in [3.05, 3.63) is 35.4 Å². The minimum Gasteiger partial charge on any atom is -0.497 e. The van der Waals surface area contributed by atoms with Crippen LogP contribution < -0.4 is 4.74 Å². The van der Waals surface area contributed by atoms with Crippen LogP contribution in [0.1, 0.15) is 24.0 Å². The summed E-state index contributed by atoms with van der Waals surface area (Å²) in [6, 6.07) is 6.08. The van der Waals surface area contributed by atoms with Crippen molar-refractivity contribution in [2.24, 2.45) is 17.8 Å². The second-order valence-electron chi connectivity index (χ2n) is 5.94. The maximum atomic E-state index is 12.0. The molecule has 3 atom stereocenters. The summed E-state index contributed by atoms with van der Waals surface area (Å²) in [7, 11) is 1.66. The van der Waals surface area contributed by atoms with Gasteiger partial charge in [0.2, 0.25) is 0 Å². The molecule has 0 N–H and O–H groups in total. The summed E-state index contributed by atoms with van der Waals surface area (Å²) in [5.74, 6) is -0.266. The van der Waals surface area contributed by atoms with Crippen LogP contribution in [0.3, 0.4) is 0 Å². The molecule has 0 unspecified atom stereocenters. The van der Waals surface area contributed by atoms with Crippen LogP contribution in [0.5, 0.6) is 5.75 Å². The molecule has 2 aliphatic carbocycles. The zero-order valence-corrected chi connectivity index (χ0v) is 11.8. The molecule has 0 spiro atoms. The monoisotopic (exact) mass is 284 g/mol. The minimum absolute atomic E-state index is 0.114. The van der Waals surface area contributed by atoms with Gasteiger partial charge in [0, 0.05) is 0 Å². The Hall–Kier alpha value is -2.10. The Morgan fingerprint density at radius 1 is 1.19 bits per heavy atom. The fourth-order valence-corrected chi connectivity index (χ4v) is 3.98. The van der Waals surface area contributed by atoms with Crippen molar-refractivity contribution in [1.29, 1.82) is 0 Å². The number of benzene rings is 1. The Labute approximate surface area is 122 Å². The van der Waals surface area contributed by atoms with E-state index in [-0.39, 0.29) is 29.7 Å². The minimum atomic E-state index is -0.346. The highest BCUT2D eigenvalue weighted by Gasteiger charge is 2.51. The highest BCUT2D eigenvalue weighted by Crippen LogP contribution is 2.49. The average Bonchev–Trinajstić information content (AvgIpc) is 2.81. The van der Waals surface area contributed by atoms with Gasteiger partial charge in [0.05, 0.1) is 18.9 Å². The molecule has 0 radical (unpaired) electrons. The smallest absolute Gasteiger partial charge is 0.318 e. The lowest BCUT2D eigenvalue weighted by Gasteiger charge is -2.35. The Bertz CT molecular complexity index is 673. The molecular formula is C17H16O4. The maximum Gasteiger partial charge on any atom is 0.318 e. The topological polar surface area (TPSA) is 52.6 Å². The summed E-state index contributed by atoms with van der Waals surface area (Å²) in [5.41, 5.74) is 3.65. The standard InChI is InChI=1S/C17H16O4/c1-20-10-3-5-11-9(8-10)2-4-13-12(11)6-7-14-15(13)17(19)21-16(14)18/h3,5-6,8,13-15H,2,4,7H2,1H3/t13-,14-,15-/m1/s1. The largest absolute Gasteiger partial charge is 0.497 e. The van der Waals surface area contributed by atoms with Gasteiger partial charge in [0.25, 0.3) is 0 Å². The molecule has 1 aliphatic heterocycles. The molecule has 21 heavy (non-hydrogen) atoms. The first-order valence-electron chi connectivity index (χ1n) is 7.32. The average molecular weight is 284 g/mol.